The van der Waals surface area contributed by atoms with Crippen LogP contribution in [0.15, 0.2) is 36.7 Å². The highest BCUT2D eigenvalue weighted by Gasteiger charge is 2.28. The van der Waals surface area contributed by atoms with Crippen LogP contribution in [0.25, 0.3) is 27.9 Å². The minimum absolute atomic E-state index is 0.0224. The molecule has 1 amide bonds. The number of benzene rings is 1. The lowest BCUT2D eigenvalue weighted by molar-refractivity contribution is -0.139. The molecule has 1 saturated heterocycles. The van der Waals surface area contributed by atoms with E-state index in [2.05, 4.69) is 21.0 Å². The van der Waals surface area contributed by atoms with Crippen LogP contribution in [0.4, 0.5) is 4.39 Å². The number of hydrogen-bond acceptors (Lipinski definition) is 5. The van der Waals surface area contributed by atoms with Crippen molar-refractivity contribution in [3.05, 3.63) is 48.2 Å². The fraction of sp³-hybridized carbons (Fsp3) is 0.375. The fourth-order valence-electron chi connectivity index (χ4n) is 4.50. The fourth-order valence-corrected chi connectivity index (χ4v) is 4.50. The molecule has 2 aliphatic heterocycles. The summed E-state index contributed by atoms with van der Waals surface area (Å²) < 4.78 is 24.8. The summed E-state index contributed by atoms with van der Waals surface area (Å²) in [7, 11) is 1.55. The van der Waals surface area contributed by atoms with E-state index in [0.29, 0.717) is 42.4 Å². The third-order valence-electron chi connectivity index (χ3n) is 6.22. The Hall–Kier alpha value is -3.26. The molecule has 0 aliphatic carbocycles. The molecule has 5 rings (SSSR count). The zero-order valence-corrected chi connectivity index (χ0v) is 17.9. The molecule has 0 spiro atoms. The second-order valence-electron chi connectivity index (χ2n) is 8.19. The van der Waals surface area contributed by atoms with Crippen molar-refractivity contribution in [2.75, 3.05) is 33.4 Å². The second kappa shape index (κ2) is 8.70. The van der Waals surface area contributed by atoms with Gasteiger partial charge in [0.05, 0.1) is 25.3 Å². The molecule has 0 radical (unpaired) electrons. The molecule has 1 unspecified atom stereocenters. The highest BCUT2D eigenvalue weighted by Crippen LogP contribution is 2.35. The first kappa shape index (κ1) is 20.6. The van der Waals surface area contributed by atoms with Gasteiger partial charge >= 0.3 is 0 Å². The third kappa shape index (κ3) is 3.86. The van der Waals surface area contributed by atoms with Gasteiger partial charge in [-0.1, -0.05) is 6.08 Å². The van der Waals surface area contributed by atoms with Crippen LogP contribution in [-0.2, 0) is 9.53 Å². The Morgan fingerprint density at radius 2 is 2.22 bits per heavy atom. The predicted octanol–water partition coefficient (Wildman–Crippen LogP) is 3.81. The van der Waals surface area contributed by atoms with Gasteiger partial charge in [0.1, 0.15) is 23.5 Å². The van der Waals surface area contributed by atoms with E-state index >= 15 is 0 Å². The van der Waals surface area contributed by atoms with E-state index in [4.69, 9.17) is 9.47 Å². The summed E-state index contributed by atoms with van der Waals surface area (Å²) in [5, 5.41) is 0.796. The number of nitrogens with one attached hydrogen (secondary N) is 1. The molecule has 7 nitrogen and oxygen atoms in total. The van der Waals surface area contributed by atoms with Gasteiger partial charge in [-0.2, -0.15) is 0 Å². The van der Waals surface area contributed by atoms with Gasteiger partial charge in [0, 0.05) is 36.3 Å². The van der Waals surface area contributed by atoms with E-state index in [9.17, 15) is 9.18 Å². The zero-order valence-electron chi connectivity index (χ0n) is 17.9. The van der Waals surface area contributed by atoms with Crippen LogP contribution in [-0.4, -0.2) is 59.2 Å². The Balaban J connectivity index is 1.42. The Morgan fingerprint density at radius 1 is 1.31 bits per heavy atom. The van der Waals surface area contributed by atoms with Crippen molar-refractivity contribution in [3.8, 4) is 17.0 Å². The number of fused-ring (bicyclic) bond motifs is 1. The van der Waals surface area contributed by atoms with Crippen molar-refractivity contribution in [1.82, 2.24) is 19.9 Å². The molecule has 2 aromatic heterocycles. The molecule has 1 aromatic carbocycles. The molecule has 1 atom stereocenters. The Bertz CT molecular complexity index is 1180. The van der Waals surface area contributed by atoms with Crippen LogP contribution in [0, 0.1) is 11.7 Å². The molecule has 0 saturated carbocycles. The number of amides is 1. The lowest BCUT2D eigenvalue weighted by Crippen LogP contribution is -2.41. The molecule has 8 heteroatoms. The number of nitrogens with zero attached hydrogens (tertiary/aromatic N) is 3. The lowest BCUT2D eigenvalue weighted by atomic mass is 9.98. The number of carbonyl (C=O) groups excluding carboxylic acids is 1. The highest BCUT2D eigenvalue weighted by molar-refractivity contribution is 5.94. The lowest BCUT2D eigenvalue weighted by Gasteiger charge is -2.31. The summed E-state index contributed by atoms with van der Waals surface area (Å²) in [6.07, 6.45) is 6.15. The van der Waals surface area contributed by atoms with Gasteiger partial charge < -0.3 is 19.4 Å². The number of carbonyl (C=O) groups is 1. The molecular weight excluding hydrogens is 411 g/mol. The van der Waals surface area contributed by atoms with Gasteiger partial charge in [-0.3, -0.25) is 4.79 Å². The summed E-state index contributed by atoms with van der Waals surface area (Å²) in [6, 6.07) is 6.38. The molecule has 32 heavy (non-hydrogen) atoms. The average molecular weight is 436 g/mol. The number of hydrogen-bond donors (Lipinski definition) is 1. The third-order valence-corrected chi connectivity index (χ3v) is 6.22. The van der Waals surface area contributed by atoms with Crippen LogP contribution in [0.5, 0.6) is 5.75 Å². The number of H-pyrrole nitrogens is 1. The smallest absolute Gasteiger partial charge is 0.228 e. The van der Waals surface area contributed by atoms with Crippen molar-refractivity contribution in [2.45, 2.75) is 19.3 Å². The summed E-state index contributed by atoms with van der Waals surface area (Å²) in [6.45, 7) is 2.53. The Labute approximate surface area is 185 Å². The van der Waals surface area contributed by atoms with Crippen LogP contribution in [0.2, 0.25) is 0 Å². The monoisotopic (exact) mass is 436 g/mol. The molecule has 0 bridgehead atoms. The summed E-state index contributed by atoms with van der Waals surface area (Å²) >= 11 is 0. The predicted molar refractivity (Wildman–Crippen MR) is 119 cm³/mol. The maximum absolute atomic E-state index is 13.9. The standard InChI is InChI=1S/C24H25FN4O3/c1-31-21-5-4-17(25)11-18(21)22-19-12-20(28-23(19)27-14-26-22)15-6-8-29(9-7-15)24(30)16-3-2-10-32-13-16/h4-6,11-12,14,16H,2-3,7-10,13H2,1H3,(H,26,27,28). The van der Waals surface area contributed by atoms with Crippen molar-refractivity contribution < 1.29 is 18.7 Å². The minimum atomic E-state index is -0.355. The van der Waals surface area contributed by atoms with Gasteiger partial charge in [0.25, 0.3) is 0 Å². The van der Waals surface area contributed by atoms with Crippen LogP contribution in [0.3, 0.4) is 0 Å². The van der Waals surface area contributed by atoms with Gasteiger partial charge in [-0.25, -0.2) is 14.4 Å². The van der Waals surface area contributed by atoms with Crippen molar-refractivity contribution in [3.63, 3.8) is 0 Å². The van der Waals surface area contributed by atoms with E-state index < -0.39 is 0 Å². The van der Waals surface area contributed by atoms with E-state index in [-0.39, 0.29) is 17.6 Å². The van der Waals surface area contributed by atoms with Gasteiger partial charge in [-0.15, -0.1) is 0 Å². The van der Waals surface area contributed by atoms with Gasteiger partial charge in [-0.05, 0) is 49.1 Å². The molecular formula is C24H25FN4O3. The summed E-state index contributed by atoms with van der Waals surface area (Å²) in [5.74, 6) is 0.354. The number of rotatable bonds is 4. The van der Waals surface area contributed by atoms with Crippen molar-refractivity contribution >= 4 is 22.5 Å². The summed E-state index contributed by atoms with van der Waals surface area (Å²) in [5.41, 5.74) is 3.93. The van der Waals surface area contributed by atoms with Crippen molar-refractivity contribution in [2.24, 2.45) is 5.92 Å². The number of halogens is 1. The summed E-state index contributed by atoms with van der Waals surface area (Å²) in [4.78, 5) is 26.8. The normalized spacial score (nSPS) is 19.1. The van der Waals surface area contributed by atoms with E-state index in [0.717, 1.165) is 42.5 Å². The average Bonchev–Trinajstić information content (AvgIpc) is 3.29. The molecule has 1 N–H and O–H groups in total. The van der Waals surface area contributed by atoms with Gasteiger partial charge in [0.15, 0.2) is 0 Å². The van der Waals surface area contributed by atoms with E-state index in [1.165, 1.54) is 18.5 Å². The largest absolute Gasteiger partial charge is 0.496 e. The molecule has 3 aromatic rings. The number of methoxy groups -OCH3 is 1. The Kier molecular flexibility index (Phi) is 5.61. The van der Waals surface area contributed by atoms with Crippen LogP contribution < -0.4 is 4.74 Å². The quantitative estimate of drug-likeness (QED) is 0.673. The first-order valence-electron chi connectivity index (χ1n) is 10.9. The van der Waals surface area contributed by atoms with Gasteiger partial charge in [0.2, 0.25) is 5.91 Å². The minimum Gasteiger partial charge on any atom is -0.496 e. The highest BCUT2D eigenvalue weighted by atomic mass is 19.1. The van der Waals surface area contributed by atoms with E-state index in [1.54, 1.807) is 13.2 Å². The van der Waals surface area contributed by atoms with Crippen LogP contribution >= 0.6 is 0 Å². The van der Waals surface area contributed by atoms with E-state index in [1.807, 2.05) is 11.0 Å². The topological polar surface area (TPSA) is 80.3 Å². The maximum atomic E-state index is 13.9. The first-order chi connectivity index (χ1) is 15.6. The number of aromatic nitrogens is 3. The molecule has 4 heterocycles. The molecule has 1 fully saturated rings. The first-order valence-corrected chi connectivity index (χ1v) is 10.9. The SMILES string of the molecule is COc1ccc(F)cc1-c1ncnc2[nH]c(C3=CCN(C(=O)C4CCCOC4)CC3)cc12. The number of aromatic amines is 1. The molecule has 2 aliphatic rings. The zero-order chi connectivity index (χ0) is 22.1. The van der Waals surface area contributed by atoms with Crippen LogP contribution in [0.1, 0.15) is 25.0 Å². The van der Waals surface area contributed by atoms with Crippen molar-refractivity contribution in [1.29, 1.82) is 0 Å². The number of ether oxygens (including phenoxy) is 2. The second-order valence-corrected chi connectivity index (χ2v) is 8.19. The molecule has 166 valence electrons. The maximum Gasteiger partial charge on any atom is 0.228 e. The Morgan fingerprint density at radius 3 is 2.97 bits per heavy atom.